The summed E-state index contributed by atoms with van der Waals surface area (Å²) in [6.07, 6.45) is -0.167. The van der Waals surface area contributed by atoms with E-state index in [0.717, 1.165) is 0 Å². The molecule has 0 rings (SSSR count). The molecule has 0 aromatic rings. The molecule has 6 heavy (non-hydrogen) atoms. The molecule has 0 amide bonds. The Bertz CT molecular complexity index is 15.5. The van der Waals surface area contributed by atoms with Crippen LogP contribution >= 0.6 is 0 Å². The van der Waals surface area contributed by atoms with Crippen molar-refractivity contribution in [1.29, 1.82) is 0 Å². The van der Waals surface area contributed by atoms with Crippen LogP contribution in [0.5, 0.6) is 0 Å². The first-order valence-electron chi connectivity index (χ1n) is 1.41. The molecule has 0 saturated heterocycles. The second-order valence-corrected chi connectivity index (χ2v) is 1.09. The lowest BCUT2D eigenvalue weighted by molar-refractivity contribution is 0.216. The highest BCUT2D eigenvalue weighted by Gasteiger charge is 1.69. The third-order valence-electron chi connectivity index (χ3n) is 0. The van der Waals surface area contributed by atoms with Crippen LogP contribution in [0.3, 0.4) is 0 Å². The van der Waals surface area contributed by atoms with Crippen LogP contribution in [0, 0.1) is 0 Å². The topological polar surface area (TPSA) is 20.2 Å². The van der Waals surface area contributed by atoms with Gasteiger partial charge in [-0.1, -0.05) is 0 Å². The molecular formula is C3H8AlMgO. The first kappa shape index (κ1) is 15.7. The fraction of sp³-hybridized carbons (Fsp3) is 1.00. The van der Waals surface area contributed by atoms with Crippen molar-refractivity contribution in [2.75, 3.05) is 0 Å². The molecule has 0 fully saturated rings. The van der Waals surface area contributed by atoms with E-state index < -0.39 is 0 Å². The van der Waals surface area contributed by atoms with Gasteiger partial charge in [0.15, 0.2) is 0 Å². The van der Waals surface area contributed by atoms with E-state index in [4.69, 9.17) is 5.11 Å². The van der Waals surface area contributed by atoms with Crippen molar-refractivity contribution >= 4 is 40.4 Å². The minimum atomic E-state index is -0.167. The predicted molar refractivity (Wildman–Crippen MR) is 28.9 cm³/mol. The molecule has 0 aliphatic rings. The van der Waals surface area contributed by atoms with Gasteiger partial charge in [-0.05, 0) is 13.8 Å². The number of hydrogen-bond donors (Lipinski definition) is 1. The van der Waals surface area contributed by atoms with Crippen LogP contribution in [0.25, 0.3) is 0 Å². The van der Waals surface area contributed by atoms with Crippen LogP contribution in [0.2, 0.25) is 0 Å². The molecule has 0 saturated carbocycles. The van der Waals surface area contributed by atoms with Crippen molar-refractivity contribution in [3.05, 3.63) is 0 Å². The molecule has 0 aliphatic carbocycles. The average Bonchev–Trinajstić information content (AvgIpc) is 0.811. The fourth-order valence-electron chi connectivity index (χ4n) is 0. The Balaban J connectivity index is -0.0000000450. The number of hydrogen-bond acceptors (Lipinski definition) is 1. The van der Waals surface area contributed by atoms with Gasteiger partial charge < -0.3 is 5.11 Å². The molecule has 5 radical (unpaired) electrons. The molecule has 0 aromatic carbocycles. The Morgan fingerprint density at radius 2 is 1.33 bits per heavy atom. The van der Waals surface area contributed by atoms with Gasteiger partial charge in [0.05, 0.1) is 0 Å². The van der Waals surface area contributed by atoms with Gasteiger partial charge in [-0.2, -0.15) is 0 Å². The molecule has 1 N–H and O–H groups in total. The molecule has 31 valence electrons. The number of aliphatic hydroxyl groups excluding tert-OH is 1. The maximum Gasteiger partial charge on any atom is 0.0483 e. The lowest BCUT2D eigenvalue weighted by atomic mass is 10.5. The molecule has 0 heterocycles. The highest BCUT2D eigenvalue weighted by atomic mass is 27.0. The summed E-state index contributed by atoms with van der Waals surface area (Å²) >= 11 is 0. The Hall–Kier alpha value is 1.26. The summed E-state index contributed by atoms with van der Waals surface area (Å²) in [5.41, 5.74) is 0. The van der Waals surface area contributed by atoms with E-state index in [1.54, 1.807) is 13.8 Å². The van der Waals surface area contributed by atoms with Gasteiger partial charge >= 0.3 is 0 Å². The molecule has 0 aliphatic heterocycles. The highest BCUT2D eigenvalue weighted by Crippen LogP contribution is 1.65. The van der Waals surface area contributed by atoms with Crippen LogP contribution in [0.15, 0.2) is 0 Å². The second-order valence-electron chi connectivity index (χ2n) is 1.09. The molecule has 1 nitrogen and oxygen atoms in total. The van der Waals surface area contributed by atoms with Crippen LogP contribution < -0.4 is 0 Å². The fourth-order valence-corrected chi connectivity index (χ4v) is 0. The zero-order valence-electron chi connectivity index (χ0n) is 4.31. The van der Waals surface area contributed by atoms with Crippen molar-refractivity contribution in [2.45, 2.75) is 20.0 Å². The van der Waals surface area contributed by atoms with Crippen molar-refractivity contribution < 1.29 is 5.11 Å². The monoisotopic (exact) mass is 111 g/mol. The first-order chi connectivity index (χ1) is 1.73. The lowest BCUT2D eigenvalue weighted by Crippen LogP contribution is -1.85. The molecule has 0 atom stereocenters. The Morgan fingerprint density at radius 1 is 1.33 bits per heavy atom. The zero-order valence-corrected chi connectivity index (χ0v) is 6.88. The maximum absolute atomic E-state index is 8.06. The minimum Gasteiger partial charge on any atom is -0.394 e. The first-order valence-corrected chi connectivity index (χ1v) is 1.41. The summed E-state index contributed by atoms with van der Waals surface area (Å²) in [5, 5.41) is 8.06. The minimum absolute atomic E-state index is 0. The summed E-state index contributed by atoms with van der Waals surface area (Å²) in [6, 6.07) is 0. The van der Waals surface area contributed by atoms with E-state index in [1.165, 1.54) is 0 Å². The molecule has 0 unspecified atom stereocenters. The Morgan fingerprint density at radius 3 is 1.33 bits per heavy atom. The van der Waals surface area contributed by atoms with Gasteiger partial charge in [-0.3, -0.25) is 0 Å². The molecular weight excluding hydrogens is 103 g/mol. The van der Waals surface area contributed by atoms with E-state index in [9.17, 15) is 0 Å². The normalized spacial score (nSPS) is 6.00. The van der Waals surface area contributed by atoms with Gasteiger partial charge in [-0.25, -0.2) is 0 Å². The maximum atomic E-state index is 8.06. The quantitative estimate of drug-likeness (QED) is 0.423. The van der Waals surface area contributed by atoms with Crippen LogP contribution in [-0.4, -0.2) is 51.6 Å². The summed E-state index contributed by atoms with van der Waals surface area (Å²) in [7, 11) is 0. The standard InChI is InChI=1S/C3H8O.Al.Mg/c1-3(2)4;;/h3-4H,1-2H3;;. The Labute approximate surface area is 65.4 Å². The molecule has 0 spiro atoms. The lowest BCUT2D eigenvalue weighted by Gasteiger charge is -1.80. The van der Waals surface area contributed by atoms with Crippen molar-refractivity contribution in [2.24, 2.45) is 0 Å². The third-order valence-corrected chi connectivity index (χ3v) is 0. The summed E-state index contributed by atoms with van der Waals surface area (Å²) in [5.74, 6) is 0. The smallest absolute Gasteiger partial charge is 0.0483 e. The molecule has 0 bridgehead atoms. The summed E-state index contributed by atoms with van der Waals surface area (Å²) in [6.45, 7) is 3.44. The van der Waals surface area contributed by atoms with Gasteiger partial charge in [0.1, 0.15) is 0 Å². The second kappa shape index (κ2) is 9.54. The van der Waals surface area contributed by atoms with Crippen molar-refractivity contribution in [3.63, 3.8) is 0 Å². The predicted octanol–water partition coefficient (Wildman–Crippen LogP) is -0.374. The highest BCUT2D eigenvalue weighted by molar-refractivity contribution is 5.76. The van der Waals surface area contributed by atoms with Gasteiger partial charge in [0.25, 0.3) is 0 Å². The zero-order chi connectivity index (χ0) is 3.58. The largest absolute Gasteiger partial charge is 0.394 e. The third kappa shape index (κ3) is 60.2. The summed E-state index contributed by atoms with van der Waals surface area (Å²) in [4.78, 5) is 0. The van der Waals surface area contributed by atoms with Crippen LogP contribution in [0.4, 0.5) is 0 Å². The van der Waals surface area contributed by atoms with Crippen molar-refractivity contribution in [3.8, 4) is 0 Å². The van der Waals surface area contributed by atoms with Crippen LogP contribution in [-0.2, 0) is 0 Å². The Kier molecular flexibility index (Phi) is 24.9. The van der Waals surface area contributed by atoms with E-state index in [1.807, 2.05) is 0 Å². The summed E-state index contributed by atoms with van der Waals surface area (Å²) < 4.78 is 0. The van der Waals surface area contributed by atoms with Gasteiger partial charge in [-0.15, -0.1) is 0 Å². The van der Waals surface area contributed by atoms with Crippen LogP contribution in [0.1, 0.15) is 13.8 Å². The van der Waals surface area contributed by atoms with Gasteiger partial charge in [0, 0.05) is 46.5 Å². The SMILES string of the molecule is CC(C)O.[Al].[Mg]. The number of rotatable bonds is 0. The average molecular weight is 111 g/mol. The number of aliphatic hydroxyl groups is 1. The van der Waals surface area contributed by atoms with E-state index >= 15 is 0 Å². The van der Waals surface area contributed by atoms with Gasteiger partial charge in [0.2, 0.25) is 0 Å². The van der Waals surface area contributed by atoms with E-state index in [0.29, 0.717) is 0 Å². The molecule has 0 aromatic heterocycles. The molecule has 3 heteroatoms. The van der Waals surface area contributed by atoms with E-state index in [2.05, 4.69) is 0 Å². The van der Waals surface area contributed by atoms with E-state index in [-0.39, 0.29) is 46.5 Å². The van der Waals surface area contributed by atoms with Crippen molar-refractivity contribution in [1.82, 2.24) is 0 Å².